The smallest absolute Gasteiger partial charge is 0.0367 e. The summed E-state index contributed by atoms with van der Waals surface area (Å²) in [5.41, 5.74) is 1.37. The molecule has 1 fully saturated rings. The largest absolute Gasteiger partial charge is 0.369 e. The molecule has 0 saturated carbocycles. The zero-order chi connectivity index (χ0) is 14.9. The lowest BCUT2D eigenvalue weighted by atomic mass is 10.1. The van der Waals surface area contributed by atoms with Crippen LogP contribution in [-0.4, -0.2) is 50.2 Å². The SMILES string of the molecule is CCCNCCCC(C)N1CCN(c2ccccc2)CC1. The second kappa shape index (κ2) is 9.06. The normalized spacial score (nSPS) is 17.9. The van der Waals surface area contributed by atoms with Crippen molar-refractivity contribution in [2.24, 2.45) is 0 Å². The summed E-state index contributed by atoms with van der Waals surface area (Å²) in [5.74, 6) is 0. The summed E-state index contributed by atoms with van der Waals surface area (Å²) in [6.45, 7) is 11.6. The highest BCUT2D eigenvalue weighted by Gasteiger charge is 2.20. The van der Waals surface area contributed by atoms with Gasteiger partial charge < -0.3 is 10.2 Å². The lowest BCUT2D eigenvalue weighted by molar-refractivity contribution is 0.186. The van der Waals surface area contributed by atoms with E-state index in [-0.39, 0.29) is 0 Å². The second-order valence-corrected chi connectivity index (χ2v) is 6.10. The average Bonchev–Trinajstić information content (AvgIpc) is 2.55. The van der Waals surface area contributed by atoms with Gasteiger partial charge in [0.15, 0.2) is 0 Å². The van der Waals surface area contributed by atoms with Crippen molar-refractivity contribution in [1.82, 2.24) is 10.2 Å². The maximum Gasteiger partial charge on any atom is 0.0367 e. The van der Waals surface area contributed by atoms with Crippen LogP contribution in [0.15, 0.2) is 30.3 Å². The lowest BCUT2D eigenvalue weighted by Crippen LogP contribution is -2.49. The Morgan fingerprint density at radius 3 is 2.43 bits per heavy atom. The number of benzene rings is 1. The van der Waals surface area contributed by atoms with Crippen LogP contribution in [0.25, 0.3) is 0 Å². The number of hydrogen-bond donors (Lipinski definition) is 1. The van der Waals surface area contributed by atoms with E-state index in [4.69, 9.17) is 0 Å². The molecule has 0 spiro atoms. The van der Waals surface area contributed by atoms with Crippen molar-refractivity contribution in [2.75, 3.05) is 44.2 Å². The standard InChI is InChI=1S/C18H31N3/c1-3-11-19-12-7-8-17(2)20-13-15-21(16-14-20)18-9-5-4-6-10-18/h4-6,9-10,17,19H,3,7-8,11-16H2,1-2H3. The summed E-state index contributed by atoms with van der Waals surface area (Å²) in [4.78, 5) is 5.16. The molecule has 1 aliphatic heterocycles. The molecule has 118 valence electrons. The molecule has 1 N–H and O–H groups in total. The van der Waals surface area contributed by atoms with Gasteiger partial charge in [-0.2, -0.15) is 0 Å². The van der Waals surface area contributed by atoms with E-state index in [1.54, 1.807) is 0 Å². The molecule has 3 heteroatoms. The van der Waals surface area contributed by atoms with Gasteiger partial charge >= 0.3 is 0 Å². The van der Waals surface area contributed by atoms with Gasteiger partial charge in [0.1, 0.15) is 0 Å². The zero-order valence-corrected chi connectivity index (χ0v) is 13.7. The Morgan fingerprint density at radius 1 is 1.05 bits per heavy atom. The highest BCUT2D eigenvalue weighted by Crippen LogP contribution is 2.17. The molecule has 1 saturated heterocycles. The molecule has 0 radical (unpaired) electrons. The molecule has 3 nitrogen and oxygen atoms in total. The molecule has 2 rings (SSSR count). The van der Waals surface area contributed by atoms with E-state index in [1.807, 2.05) is 0 Å². The summed E-state index contributed by atoms with van der Waals surface area (Å²) < 4.78 is 0. The van der Waals surface area contributed by atoms with Gasteiger partial charge in [0.2, 0.25) is 0 Å². The Morgan fingerprint density at radius 2 is 1.76 bits per heavy atom. The first-order chi connectivity index (χ1) is 10.3. The summed E-state index contributed by atoms with van der Waals surface area (Å²) >= 11 is 0. The molecule has 1 unspecified atom stereocenters. The fraction of sp³-hybridized carbons (Fsp3) is 0.667. The van der Waals surface area contributed by atoms with Crippen LogP contribution in [0.1, 0.15) is 33.1 Å². The first-order valence-corrected chi connectivity index (χ1v) is 8.56. The first-order valence-electron chi connectivity index (χ1n) is 8.56. The van der Waals surface area contributed by atoms with Crippen molar-refractivity contribution in [3.8, 4) is 0 Å². The molecule has 1 atom stereocenters. The van der Waals surface area contributed by atoms with Crippen molar-refractivity contribution in [1.29, 1.82) is 0 Å². The molecule has 0 aromatic heterocycles. The highest BCUT2D eigenvalue weighted by molar-refractivity contribution is 5.46. The summed E-state index contributed by atoms with van der Waals surface area (Å²) in [5, 5.41) is 3.50. The Hall–Kier alpha value is -1.06. The third kappa shape index (κ3) is 5.33. The summed E-state index contributed by atoms with van der Waals surface area (Å²) in [6, 6.07) is 11.5. The quantitative estimate of drug-likeness (QED) is 0.742. The Bertz CT molecular complexity index is 371. The van der Waals surface area contributed by atoms with E-state index in [1.165, 1.54) is 44.6 Å². The molecule has 21 heavy (non-hydrogen) atoms. The van der Waals surface area contributed by atoms with Gasteiger partial charge in [-0.15, -0.1) is 0 Å². The van der Waals surface area contributed by atoms with Gasteiger partial charge in [-0.3, -0.25) is 4.90 Å². The van der Waals surface area contributed by atoms with E-state index in [0.29, 0.717) is 6.04 Å². The van der Waals surface area contributed by atoms with E-state index in [9.17, 15) is 0 Å². The second-order valence-electron chi connectivity index (χ2n) is 6.10. The maximum atomic E-state index is 3.50. The minimum atomic E-state index is 0.714. The molecule has 0 bridgehead atoms. The number of nitrogens with one attached hydrogen (secondary N) is 1. The fourth-order valence-corrected chi connectivity index (χ4v) is 3.07. The Kier molecular flexibility index (Phi) is 7.04. The minimum Gasteiger partial charge on any atom is -0.369 e. The molecule has 0 amide bonds. The van der Waals surface area contributed by atoms with E-state index in [2.05, 4.69) is 59.3 Å². The molecular weight excluding hydrogens is 258 g/mol. The van der Waals surface area contributed by atoms with Crippen LogP contribution in [0.3, 0.4) is 0 Å². The predicted octanol–water partition coefficient (Wildman–Crippen LogP) is 2.98. The number of piperazine rings is 1. The Balaban J connectivity index is 1.66. The van der Waals surface area contributed by atoms with Crippen molar-refractivity contribution in [3.05, 3.63) is 30.3 Å². The van der Waals surface area contributed by atoms with Crippen molar-refractivity contribution in [3.63, 3.8) is 0 Å². The average molecular weight is 289 g/mol. The summed E-state index contributed by atoms with van der Waals surface area (Å²) in [7, 11) is 0. The molecule has 1 aliphatic rings. The molecule has 1 heterocycles. The van der Waals surface area contributed by atoms with Crippen LogP contribution in [0.2, 0.25) is 0 Å². The van der Waals surface area contributed by atoms with Crippen LogP contribution < -0.4 is 10.2 Å². The number of para-hydroxylation sites is 1. The Labute approximate surface area is 130 Å². The molecule has 1 aromatic carbocycles. The third-order valence-electron chi connectivity index (χ3n) is 4.46. The summed E-state index contributed by atoms with van der Waals surface area (Å²) in [6.07, 6.45) is 3.83. The minimum absolute atomic E-state index is 0.714. The van der Waals surface area contributed by atoms with Gasteiger partial charge in [-0.25, -0.2) is 0 Å². The van der Waals surface area contributed by atoms with Gasteiger partial charge in [0.05, 0.1) is 0 Å². The third-order valence-corrected chi connectivity index (χ3v) is 4.46. The first kappa shape index (κ1) is 16.3. The topological polar surface area (TPSA) is 18.5 Å². The van der Waals surface area contributed by atoms with Gasteiger partial charge in [0, 0.05) is 37.9 Å². The highest BCUT2D eigenvalue weighted by atomic mass is 15.3. The maximum absolute atomic E-state index is 3.50. The molecule has 1 aromatic rings. The number of hydrogen-bond acceptors (Lipinski definition) is 3. The van der Waals surface area contributed by atoms with Crippen LogP contribution in [-0.2, 0) is 0 Å². The van der Waals surface area contributed by atoms with Gasteiger partial charge in [-0.05, 0) is 51.4 Å². The van der Waals surface area contributed by atoms with Crippen molar-refractivity contribution < 1.29 is 0 Å². The lowest BCUT2D eigenvalue weighted by Gasteiger charge is -2.39. The van der Waals surface area contributed by atoms with Crippen LogP contribution in [0.5, 0.6) is 0 Å². The van der Waals surface area contributed by atoms with Crippen molar-refractivity contribution >= 4 is 5.69 Å². The van der Waals surface area contributed by atoms with E-state index < -0.39 is 0 Å². The fourth-order valence-electron chi connectivity index (χ4n) is 3.07. The van der Waals surface area contributed by atoms with Crippen molar-refractivity contribution in [2.45, 2.75) is 39.2 Å². The van der Waals surface area contributed by atoms with Crippen LogP contribution in [0.4, 0.5) is 5.69 Å². The van der Waals surface area contributed by atoms with Crippen LogP contribution in [0, 0.1) is 0 Å². The zero-order valence-electron chi connectivity index (χ0n) is 13.7. The van der Waals surface area contributed by atoms with Crippen LogP contribution >= 0.6 is 0 Å². The predicted molar refractivity (Wildman–Crippen MR) is 92.1 cm³/mol. The molecular formula is C18H31N3. The van der Waals surface area contributed by atoms with Gasteiger partial charge in [-0.1, -0.05) is 25.1 Å². The van der Waals surface area contributed by atoms with E-state index in [0.717, 1.165) is 19.6 Å². The van der Waals surface area contributed by atoms with Gasteiger partial charge in [0.25, 0.3) is 0 Å². The number of anilines is 1. The number of nitrogens with zero attached hydrogens (tertiary/aromatic N) is 2. The number of rotatable bonds is 8. The van der Waals surface area contributed by atoms with E-state index >= 15 is 0 Å². The monoisotopic (exact) mass is 289 g/mol. The molecule has 0 aliphatic carbocycles.